The van der Waals surface area contributed by atoms with Gasteiger partial charge in [0.05, 0.1) is 13.2 Å². The Morgan fingerprint density at radius 1 is 0.452 bits per heavy atom. The fourth-order valence-electron chi connectivity index (χ4n) is 5.75. The second-order valence-electron chi connectivity index (χ2n) is 12.7. The molecule has 0 saturated heterocycles. The molecule has 0 aliphatic rings. The molecular weight excluding hydrogens is 518 g/mol. The Bertz CT molecular complexity index is 603. The highest BCUT2D eigenvalue weighted by Crippen LogP contribution is 2.15. The van der Waals surface area contributed by atoms with Crippen molar-refractivity contribution in [1.29, 1.82) is 0 Å². The summed E-state index contributed by atoms with van der Waals surface area (Å²) in [4.78, 5) is 26.6. The molecule has 0 bridgehead atoms. The average Bonchev–Trinajstić information content (AvgIpc) is 2.99. The molecule has 0 aromatic rings. The van der Waals surface area contributed by atoms with Crippen LogP contribution in [0.25, 0.3) is 0 Å². The number of hydrogen-bond donors (Lipinski definition) is 1. The lowest BCUT2D eigenvalue weighted by atomic mass is 10.0. The minimum atomic E-state index is -0.150. The zero-order chi connectivity index (χ0) is 30.8. The maximum absolute atomic E-state index is 12.7. The molecule has 4 heteroatoms. The Labute approximate surface area is 262 Å². The van der Waals surface area contributed by atoms with Crippen molar-refractivity contribution in [3.05, 3.63) is 12.2 Å². The van der Waals surface area contributed by atoms with Gasteiger partial charge in [0.25, 0.3) is 0 Å². The lowest BCUT2D eigenvalue weighted by molar-refractivity contribution is -0.145. The molecule has 0 aromatic heterocycles. The van der Waals surface area contributed by atoms with Crippen molar-refractivity contribution in [3.8, 4) is 0 Å². The van der Waals surface area contributed by atoms with Crippen LogP contribution in [0.1, 0.15) is 206 Å². The molecule has 0 fully saturated rings. The number of carbonyl (C=O) groups is 2. The molecule has 0 atom stereocenters. The van der Waals surface area contributed by atoms with Gasteiger partial charge in [-0.15, -0.1) is 0 Å². The quantitative estimate of drug-likeness (QED) is 0.0610. The molecule has 0 spiro atoms. The van der Waals surface area contributed by atoms with Crippen LogP contribution in [0.4, 0.5) is 0 Å². The molecule has 0 aliphatic carbocycles. The van der Waals surface area contributed by atoms with Gasteiger partial charge in [-0.05, 0) is 38.5 Å². The van der Waals surface area contributed by atoms with E-state index in [0.29, 0.717) is 12.8 Å². The number of aliphatic hydroxyl groups excluding tert-OH is 1. The third kappa shape index (κ3) is 28.9. The predicted octanol–water partition coefficient (Wildman–Crippen LogP) is 11.6. The number of aliphatic hydroxyl groups is 1. The van der Waals surface area contributed by atoms with Gasteiger partial charge in [0.15, 0.2) is 0 Å². The van der Waals surface area contributed by atoms with Crippen LogP contribution < -0.4 is 0 Å². The minimum Gasteiger partial charge on any atom is -0.395 e. The van der Waals surface area contributed by atoms with Gasteiger partial charge in [-0.2, -0.15) is 0 Å². The van der Waals surface area contributed by atoms with Gasteiger partial charge in [-0.1, -0.05) is 167 Å². The van der Waals surface area contributed by atoms with Crippen molar-refractivity contribution < 1.29 is 14.7 Å². The summed E-state index contributed by atoms with van der Waals surface area (Å²) in [7, 11) is 0. The normalized spacial score (nSPS) is 11.5. The highest BCUT2D eigenvalue weighted by Gasteiger charge is 2.19. The molecule has 0 heterocycles. The first kappa shape index (κ1) is 40.8. The Hall–Kier alpha value is -1.16. The van der Waals surface area contributed by atoms with Gasteiger partial charge in [-0.3, -0.25) is 14.5 Å². The van der Waals surface area contributed by atoms with E-state index in [4.69, 9.17) is 0 Å². The van der Waals surface area contributed by atoms with Gasteiger partial charge in [0, 0.05) is 12.8 Å². The number of unbranched alkanes of at least 4 members (excludes halogenated alkanes) is 25. The van der Waals surface area contributed by atoms with Gasteiger partial charge in [0.1, 0.15) is 0 Å². The Morgan fingerprint density at radius 3 is 1.05 bits per heavy atom. The molecule has 4 nitrogen and oxygen atoms in total. The molecule has 0 radical (unpaired) electrons. The molecular formula is C38H73NO3. The molecule has 0 saturated carbocycles. The first-order valence-corrected chi connectivity index (χ1v) is 18.8. The summed E-state index contributed by atoms with van der Waals surface area (Å²) in [6.07, 6.45) is 41.0. The van der Waals surface area contributed by atoms with Crippen LogP contribution >= 0.6 is 0 Å². The number of carbonyl (C=O) groups excluding carboxylic acids is 2. The van der Waals surface area contributed by atoms with E-state index in [2.05, 4.69) is 26.0 Å². The third-order valence-corrected chi connectivity index (χ3v) is 8.57. The number of amides is 2. The van der Waals surface area contributed by atoms with Gasteiger partial charge < -0.3 is 5.11 Å². The molecule has 0 rings (SSSR count). The summed E-state index contributed by atoms with van der Waals surface area (Å²) < 4.78 is 0. The lowest BCUT2D eigenvalue weighted by Gasteiger charge is -2.20. The highest BCUT2D eigenvalue weighted by molar-refractivity contribution is 5.95. The number of hydrogen-bond acceptors (Lipinski definition) is 3. The summed E-state index contributed by atoms with van der Waals surface area (Å²) in [5.74, 6) is -0.205. The fraction of sp³-hybridized carbons (Fsp3) is 0.895. The molecule has 0 aromatic carbocycles. The van der Waals surface area contributed by atoms with Crippen molar-refractivity contribution >= 4 is 11.8 Å². The standard InChI is InChI=1S/C38H73NO3/c1-3-5-7-9-11-13-15-17-19-21-23-25-27-29-31-33-37(41)39(35-36-40)38(42)34-32-30-28-26-24-22-20-18-16-14-12-10-8-6-4-2/h17,19,40H,3-16,18,20-36H2,1-2H3/b19-17-. The van der Waals surface area contributed by atoms with E-state index in [-0.39, 0.29) is 25.0 Å². The van der Waals surface area contributed by atoms with E-state index in [1.807, 2.05) is 0 Å². The monoisotopic (exact) mass is 592 g/mol. The second-order valence-corrected chi connectivity index (χ2v) is 12.7. The summed E-state index contributed by atoms with van der Waals surface area (Å²) in [5, 5.41) is 9.39. The van der Waals surface area contributed by atoms with Gasteiger partial charge >= 0.3 is 0 Å². The Kier molecular flexibility index (Phi) is 33.4. The summed E-state index contributed by atoms with van der Waals surface area (Å²) in [6, 6.07) is 0. The molecule has 2 amide bonds. The van der Waals surface area contributed by atoms with Crippen LogP contribution in [0.15, 0.2) is 12.2 Å². The number of rotatable bonds is 33. The largest absolute Gasteiger partial charge is 0.395 e. The number of imide groups is 1. The number of nitrogens with zero attached hydrogens (tertiary/aromatic N) is 1. The zero-order valence-electron chi connectivity index (χ0n) is 28.5. The molecule has 1 N–H and O–H groups in total. The highest BCUT2D eigenvalue weighted by atomic mass is 16.3. The summed E-state index contributed by atoms with van der Waals surface area (Å²) >= 11 is 0. The lowest BCUT2D eigenvalue weighted by Crippen LogP contribution is -2.38. The van der Waals surface area contributed by atoms with Crippen LogP contribution in [0.3, 0.4) is 0 Å². The van der Waals surface area contributed by atoms with Gasteiger partial charge in [-0.25, -0.2) is 0 Å². The van der Waals surface area contributed by atoms with Crippen molar-refractivity contribution in [2.24, 2.45) is 0 Å². The minimum absolute atomic E-state index is 0.100. The second kappa shape index (κ2) is 34.3. The van der Waals surface area contributed by atoms with Crippen molar-refractivity contribution in [1.82, 2.24) is 4.90 Å². The third-order valence-electron chi connectivity index (χ3n) is 8.57. The smallest absolute Gasteiger partial charge is 0.229 e. The maximum Gasteiger partial charge on any atom is 0.229 e. The van der Waals surface area contributed by atoms with E-state index in [1.165, 1.54) is 146 Å². The van der Waals surface area contributed by atoms with Crippen LogP contribution in [0.5, 0.6) is 0 Å². The molecule has 0 unspecified atom stereocenters. The van der Waals surface area contributed by atoms with Crippen molar-refractivity contribution in [2.45, 2.75) is 206 Å². The Morgan fingerprint density at radius 2 is 0.738 bits per heavy atom. The van der Waals surface area contributed by atoms with E-state index in [1.54, 1.807) is 0 Å². The fourth-order valence-corrected chi connectivity index (χ4v) is 5.75. The van der Waals surface area contributed by atoms with Crippen molar-refractivity contribution in [2.75, 3.05) is 13.2 Å². The number of allylic oxidation sites excluding steroid dienone is 2. The van der Waals surface area contributed by atoms with E-state index in [0.717, 1.165) is 38.5 Å². The Balaban J connectivity index is 3.69. The van der Waals surface area contributed by atoms with Crippen molar-refractivity contribution in [3.63, 3.8) is 0 Å². The van der Waals surface area contributed by atoms with Crippen LogP contribution in [0, 0.1) is 0 Å². The SMILES string of the molecule is CCCCCCCC/C=C\CCCCCCCC(=O)N(CCO)C(=O)CCCCCCCCCCCCCCCCC. The van der Waals surface area contributed by atoms with Crippen LogP contribution in [0.2, 0.25) is 0 Å². The summed E-state index contributed by atoms with van der Waals surface area (Å²) in [6.45, 7) is 4.53. The van der Waals surface area contributed by atoms with Gasteiger partial charge in [0.2, 0.25) is 11.8 Å². The van der Waals surface area contributed by atoms with E-state index < -0.39 is 0 Å². The summed E-state index contributed by atoms with van der Waals surface area (Å²) in [5.41, 5.74) is 0. The zero-order valence-corrected chi connectivity index (χ0v) is 28.5. The first-order chi connectivity index (χ1) is 20.7. The topological polar surface area (TPSA) is 57.6 Å². The molecule has 248 valence electrons. The van der Waals surface area contributed by atoms with E-state index in [9.17, 15) is 14.7 Å². The first-order valence-electron chi connectivity index (χ1n) is 18.8. The van der Waals surface area contributed by atoms with Crippen LogP contribution in [-0.2, 0) is 9.59 Å². The predicted molar refractivity (Wildman–Crippen MR) is 183 cm³/mol. The molecule has 42 heavy (non-hydrogen) atoms. The van der Waals surface area contributed by atoms with Crippen LogP contribution in [-0.4, -0.2) is 35.0 Å². The average molecular weight is 592 g/mol. The maximum atomic E-state index is 12.7. The van der Waals surface area contributed by atoms with E-state index >= 15 is 0 Å². The molecule has 0 aliphatic heterocycles.